The van der Waals surface area contributed by atoms with Crippen molar-refractivity contribution in [1.82, 2.24) is 0 Å². The molecule has 0 aliphatic heterocycles. The second kappa shape index (κ2) is 3.87. The molecule has 0 saturated carbocycles. The minimum absolute atomic E-state index is 0.179. The van der Waals surface area contributed by atoms with Crippen molar-refractivity contribution in [3.05, 3.63) is 34.6 Å². The lowest BCUT2D eigenvalue weighted by atomic mass is 10.0. The van der Waals surface area contributed by atoms with Crippen LogP contribution in [-0.2, 0) is 0 Å². The van der Waals surface area contributed by atoms with E-state index < -0.39 is 0 Å². The zero-order valence-electron chi connectivity index (χ0n) is 6.85. The van der Waals surface area contributed by atoms with Gasteiger partial charge in [0.1, 0.15) is 5.82 Å². The molecule has 0 fully saturated rings. The molecule has 1 rings (SSSR count). The van der Waals surface area contributed by atoms with Gasteiger partial charge in [0, 0.05) is 5.02 Å². The van der Waals surface area contributed by atoms with Crippen LogP contribution in [0.15, 0.2) is 18.2 Å². The first kappa shape index (κ1) is 9.49. The summed E-state index contributed by atoms with van der Waals surface area (Å²) in [6.07, 6.45) is 0. The fraction of sp³-hybridized carbons (Fsp3) is 0.333. The third-order valence-electron chi connectivity index (χ3n) is 1.85. The van der Waals surface area contributed by atoms with Crippen molar-refractivity contribution < 1.29 is 4.39 Å². The standard InChI is InChI=1S/C9H11ClFN/c1-6(5-12)8-3-2-7(11)4-9(8)10/h2-4,6H,5,12H2,1H3. The van der Waals surface area contributed by atoms with E-state index in [4.69, 9.17) is 17.3 Å². The summed E-state index contributed by atoms with van der Waals surface area (Å²) in [6.45, 7) is 2.48. The first-order chi connectivity index (χ1) is 5.65. The predicted octanol–water partition coefficient (Wildman–Crippen LogP) is 2.54. The smallest absolute Gasteiger partial charge is 0.124 e. The van der Waals surface area contributed by atoms with E-state index in [1.165, 1.54) is 12.1 Å². The van der Waals surface area contributed by atoms with Crippen LogP contribution < -0.4 is 5.73 Å². The van der Waals surface area contributed by atoms with E-state index in [1.54, 1.807) is 6.07 Å². The monoisotopic (exact) mass is 187 g/mol. The van der Waals surface area contributed by atoms with Crippen molar-refractivity contribution >= 4 is 11.6 Å². The molecule has 1 nitrogen and oxygen atoms in total. The number of hydrogen-bond acceptors (Lipinski definition) is 1. The maximum Gasteiger partial charge on any atom is 0.124 e. The van der Waals surface area contributed by atoms with Gasteiger partial charge in [-0.3, -0.25) is 0 Å². The van der Waals surface area contributed by atoms with Gasteiger partial charge in [0.05, 0.1) is 0 Å². The third kappa shape index (κ3) is 1.96. The van der Waals surface area contributed by atoms with E-state index in [0.717, 1.165) is 5.56 Å². The minimum Gasteiger partial charge on any atom is -0.330 e. The molecule has 3 heteroatoms. The van der Waals surface area contributed by atoms with Crippen LogP contribution in [0.1, 0.15) is 18.4 Å². The Bertz CT molecular complexity index is 275. The molecule has 66 valence electrons. The summed E-state index contributed by atoms with van der Waals surface area (Å²) in [6, 6.07) is 4.38. The Balaban J connectivity index is 3.01. The van der Waals surface area contributed by atoms with Crippen LogP contribution in [0.2, 0.25) is 5.02 Å². The summed E-state index contributed by atoms with van der Waals surface area (Å²) in [4.78, 5) is 0. The highest BCUT2D eigenvalue weighted by Crippen LogP contribution is 2.24. The first-order valence-electron chi connectivity index (χ1n) is 3.80. The lowest BCUT2D eigenvalue weighted by Crippen LogP contribution is -2.09. The third-order valence-corrected chi connectivity index (χ3v) is 2.17. The molecule has 0 aliphatic carbocycles. The van der Waals surface area contributed by atoms with E-state index in [0.29, 0.717) is 11.6 Å². The molecule has 1 aromatic carbocycles. The molecule has 0 aliphatic rings. The van der Waals surface area contributed by atoms with Gasteiger partial charge >= 0.3 is 0 Å². The Labute approximate surface area is 76.3 Å². The van der Waals surface area contributed by atoms with Crippen LogP contribution in [0.4, 0.5) is 4.39 Å². The van der Waals surface area contributed by atoms with Crippen molar-refractivity contribution in [2.24, 2.45) is 5.73 Å². The normalized spacial score (nSPS) is 13.0. The van der Waals surface area contributed by atoms with Crippen molar-refractivity contribution in [3.63, 3.8) is 0 Å². The molecule has 12 heavy (non-hydrogen) atoms. The average molecular weight is 188 g/mol. The zero-order chi connectivity index (χ0) is 9.14. The Morgan fingerprint density at radius 1 is 1.58 bits per heavy atom. The van der Waals surface area contributed by atoms with Crippen LogP contribution in [0.25, 0.3) is 0 Å². The van der Waals surface area contributed by atoms with Gasteiger partial charge in [0.2, 0.25) is 0 Å². The van der Waals surface area contributed by atoms with E-state index in [9.17, 15) is 4.39 Å². The van der Waals surface area contributed by atoms with Crippen LogP contribution in [0.3, 0.4) is 0 Å². The minimum atomic E-state index is -0.312. The van der Waals surface area contributed by atoms with E-state index in [1.807, 2.05) is 6.92 Å². The maximum absolute atomic E-state index is 12.6. The molecule has 0 aromatic heterocycles. The number of halogens is 2. The molecular formula is C9H11ClFN. The Hall–Kier alpha value is -0.600. The summed E-state index contributed by atoms with van der Waals surface area (Å²) in [5.41, 5.74) is 6.36. The first-order valence-corrected chi connectivity index (χ1v) is 4.18. The maximum atomic E-state index is 12.6. The lowest BCUT2D eigenvalue weighted by molar-refractivity contribution is 0.625. The number of nitrogens with two attached hydrogens (primary N) is 1. The quantitative estimate of drug-likeness (QED) is 0.757. The van der Waals surface area contributed by atoms with Gasteiger partial charge in [0.15, 0.2) is 0 Å². The van der Waals surface area contributed by atoms with Gasteiger partial charge in [-0.05, 0) is 30.2 Å². The number of rotatable bonds is 2. The molecule has 0 radical (unpaired) electrons. The van der Waals surface area contributed by atoms with Gasteiger partial charge in [-0.15, -0.1) is 0 Å². The van der Waals surface area contributed by atoms with Crippen LogP contribution in [-0.4, -0.2) is 6.54 Å². The second-order valence-corrected chi connectivity index (χ2v) is 3.21. The van der Waals surface area contributed by atoms with E-state index in [2.05, 4.69) is 0 Å². The van der Waals surface area contributed by atoms with Gasteiger partial charge in [-0.1, -0.05) is 24.6 Å². The molecule has 1 unspecified atom stereocenters. The van der Waals surface area contributed by atoms with Crippen molar-refractivity contribution in [2.45, 2.75) is 12.8 Å². The molecule has 1 atom stereocenters. The molecule has 0 saturated heterocycles. The summed E-state index contributed by atoms with van der Waals surface area (Å²) >= 11 is 5.81. The fourth-order valence-electron chi connectivity index (χ4n) is 1.03. The summed E-state index contributed by atoms with van der Waals surface area (Å²) in [5.74, 6) is -0.133. The van der Waals surface area contributed by atoms with Gasteiger partial charge < -0.3 is 5.73 Å². The number of hydrogen-bond donors (Lipinski definition) is 1. The molecule has 0 spiro atoms. The topological polar surface area (TPSA) is 26.0 Å². The van der Waals surface area contributed by atoms with Gasteiger partial charge in [0.25, 0.3) is 0 Å². The van der Waals surface area contributed by atoms with Crippen LogP contribution in [0.5, 0.6) is 0 Å². The van der Waals surface area contributed by atoms with E-state index >= 15 is 0 Å². The highest BCUT2D eigenvalue weighted by molar-refractivity contribution is 6.31. The van der Waals surface area contributed by atoms with Crippen molar-refractivity contribution in [2.75, 3.05) is 6.54 Å². The van der Waals surface area contributed by atoms with Crippen molar-refractivity contribution in [3.8, 4) is 0 Å². The summed E-state index contributed by atoms with van der Waals surface area (Å²) in [5, 5.41) is 0.452. The molecular weight excluding hydrogens is 177 g/mol. The van der Waals surface area contributed by atoms with Crippen LogP contribution in [0, 0.1) is 5.82 Å². The highest BCUT2D eigenvalue weighted by Gasteiger charge is 2.07. The summed E-state index contributed by atoms with van der Waals surface area (Å²) < 4.78 is 12.6. The van der Waals surface area contributed by atoms with Gasteiger partial charge in [-0.25, -0.2) is 4.39 Å². The summed E-state index contributed by atoms with van der Waals surface area (Å²) in [7, 11) is 0. The fourth-order valence-corrected chi connectivity index (χ4v) is 1.38. The second-order valence-electron chi connectivity index (χ2n) is 2.80. The highest BCUT2D eigenvalue weighted by atomic mass is 35.5. The van der Waals surface area contributed by atoms with Crippen molar-refractivity contribution in [1.29, 1.82) is 0 Å². The zero-order valence-corrected chi connectivity index (χ0v) is 7.61. The SMILES string of the molecule is CC(CN)c1ccc(F)cc1Cl. The van der Waals surface area contributed by atoms with Crippen LogP contribution >= 0.6 is 11.6 Å². The molecule has 0 heterocycles. The largest absolute Gasteiger partial charge is 0.330 e. The molecule has 2 N–H and O–H groups in total. The predicted molar refractivity (Wildman–Crippen MR) is 48.9 cm³/mol. The Morgan fingerprint density at radius 2 is 2.25 bits per heavy atom. The lowest BCUT2D eigenvalue weighted by Gasteiger charge is -2.10. The Kier molecular flexibility index (Phi) is 3.06. The molecule has 0 bridgehead atoms. The average Bonchev–Trinajstić information content (AvgIpc) is 2.03. The van der Waals surface area contributed by atoms with Gasteiger partial charge in [-0.2, -0.15) is 0 Å². The molecule has 1 aromatic rings. The van der Waals surface area contributed by atoms with E-state index in [-0.39, 0.29) is 11.7 Å². The molecule has 0 amide bonds. The number of benzene rings is 1. The Morgan fingerprint density at radius 3 is 2.75 bits per heavy atom.